The van der Waals surface area contributed by atoms with Crippen molar-refractivity contribution >= 4 is 23.2 Å². The average molecular weight is 180 g/mol. The van der Waals surface area contributed by atoms with Crippen molar-refractivity contribution < 1.29 is 10.6 Å². The van der Waals surface area contributed by atoms with Crippen LogP contribution in [0.4, 0.5) is 0 Å². The minimum Gasteiger partial charge on any atom is -0.412 e. The van der Waals surface area contributed by atoms with E-state index in [0.29, 0.717) is 0 Å². The Kier molecular flexibility index (Phi) is 59.7. The Morgan fingerprint density at radius 3 is 1.33 bits per heavy atom. The van der Waals surface area contributed by atoms with Crippen LogP contribution in [0.15, 0.2) is 0 Å². The number of aliphatic hydroxyl groups is 1. The highest BCUT2D eigenvalue weighted by Gasteiger charge is 1.69. The van der Waals surface area contributed by atoms with Gasteiger partial charge in [-0.2, -0.15) is 0 Å². The molecule has 9 heavy (non-hydrogen) atoms. The lowest BCUT2D eigenvalue weighted by molar-refractivity contribution is 0.216. The first-order valence-corrected chi connectivity index (χ1v) is 3.02. The lowest BCUT2D eigenvalue weighted by Gasteiger charge is -1.80. The molecule has 0 aliphatic heterocycles. The first-order chi connectivity index (χ1) is 3.15. The van der Waals surface area contributed by atoms with Crippen molar-refractivity contribution in [2.45, 2.75) is 20.0 Å². The molecule has 0 radical (unpaired) electrons. The molecule has 0 spiro atoms. The number of hydrogen-bond donors (Lipinski definition) is 2. The van der Waals surface area contributed by atoms with E-state index in [0.717, 1.165) is 0 Å². The van der Waals surface area contributed by atoms with Crippen LogP contribution in [0.2, 0.25) is 0 Å². The highest BCUT2D eigenvalue weighted by atomic mass is 35.5. The lowest BCUT2D eigenvalue weighted by Crippen LogP contribution is -1.85. The molecule has 0 saturated carbocycles. The summed E-state index contributed by atoms with van der Waals surface area (Å²) >= 11 is 9.53. The van der Waals surface area contributed by atoms with Crippen molar-refractivity contribution in [3.8, 4) is 0 Å². The van der Waals surface area contributed by atoms with Gasteiger partial charge in [0.05, 0.1) is 5.34 Å². The molecule has 0 aliphatic carbocycles. The maximum atomic E-state index is 8.06. The molecule has 5 heteroatoms. The van der Waals surface area contributed by atoms with Gasteiger partial charge in [0.2, 0.25) is 0 Å². The number of rotatable bonds is 0. The second-order valence-electron chi connectivity index (χ2n) is 1.19. The van der Waals surface area contributed by atoms with Crippen LogP contribution in [0.25, 0.3) is 0 Å². The molecule has 0 atom stereocenters. The van der Waals surface area contributed by atoms with Crippen LogP contribution in [-0.2, 0) is 0 Å². The Labute approximate surface area is 65.9 Å². The predicted octanol–water partition coefficient (Wildman–Crippen LogP) is 1.15. The molecule has 0 aliphatic rings. The van der Waals surface area contributed by atoms with Gasteiger partial charge in [0.25, 0.3) is 0 Å². The summed E-state index contributed by atoms with van der Waals surface area (Å²) in [6.45, 7) is 3.44. The molecular weight excluding hydrogens is 165 g/mol. The van der Waals surface area contributed by atoms with E-state index < -0.39 is 0 Å². The van der Waals surface area contributed by atoms with Crippen LogP contribution in [0.1, 0.15) is 13.8 Å². The molecule has 0 heterocycles. The summed E-state index contributed by atoms with van der Waals surface area (Å²) in [6.07, 6.45) is -0.167. The van der Waals surface area contributed by atoms with Gasteiger partial charge in [0.1, 0.15) is 0 Å². The Hall–Kier alpha value is 0.460. The third-order valence-corrected chi connectivity index (χ3v) is 0. The van der Waals surface area contributed by atoms with Gasteiger partial charge >= 0.3 is 0 Å². The van der Waals surface area contributed by atoms with E-state index in [9.17, 15) is 0 Å². The highest BCUT2D eigenvalue weighted by molar-refractivity contribution is 6.40. The maximum Gasteiger partial charge on any atom is 0.0967 e. The normalized spacial score (nSPS) is 6.00. The molecule has 0 aromatic carbocycles. The fraction of sp³-hybridized carbons (Fsp3) is 1.00. The SMILES string of the molecule is CC(C)O.ClCCl.N.O. The molecule has 0 aromatic heterocycles. The van der Waals surface area contributed by atoms with Gasteiger partial charge in [-0.15, -0.1) is 23.2 Å². The number of alkyl halides is 2. The molecule has 0 bridgehead atoms. The van der Waals surface area contributed by atoms with Crippen LogP contribution in [0, 0.1) is 0 Å². The van der Waals surface area contributed by atoms with E-state index in [4.69, 9.17) is 28.3 Å². The zero-order valence-electron chi connectivity index (χ0n) is 5.69. The Morgan fingerprint density at radius 1 is 1.33 bits per heavy atom. The summed E-state index contributed by atoms with van der Waals surface area (Å²) in [6, 6.07) is 0. The highest BCUT2D eigenvalue weighted by Crippen LogP contribution is 1.73. The van der Waals surface area contributed by atoms with E-state index in [-0.39, 0.29) is 23.1 Å². The molecule has 62 valence electrons. The molecule has 0 saturated heterocycles. The van der Waals surface area contributed by atoms with E-state index >= 15 is 0 Å². The zero-order chi connectivity index (χ0) is 6.28. The fourth-order valence-electron chi connectivity index (χ4n) is 0. The summed E-state index contributed by atoms with van der Waals surface area (Å²) in [5, 5.41) is 8.25. The number of hydrogen-bond acceptors (Lipinski definition) is 2. The van der Waals surface area contributed by atoms with Crippen LogP contribution in [0.3, 0.4) is 0 Å². The monoisotopic (exact) mass is 179 g/mol. The van der Waals surface area contributed by atoms with Gasteiger partial charge in [-0.05, 0) is 13.8 Å². The van der Waals surface area contributed by atoms with Crippen LogP contribution < -0.4 is 6.15 Å². The van der Waals surface area contributed by atoms with Crippen molar-refractivity contribution in [2.24, 2.45) is 0 Å². The summed E-state index contributed by atoms with van der Waals surface area (Å²) < 4.78 is 0. The summed E-state index contributed by atoms with van der Waals surface area (Å²) in [5.41, 5.74) is 0. The van der Waals surface area contributed by atoms with Crippen LogP contribution in [0.5, 0.6) is 0 Å². The predicted molar refractivity (Wildman–Crippen MR) is 42.6 cm³/mol. The third-order valence-electron chi connectivity index (χ3n) is 0. The number of halogens is 2. The van der Waals surface area contributed by atoms with Gasteiger partial charge in [0.15, 0.2) is 0 Å². The molecule has 0 aromatic rings. The van der Waals surface area contributed by atoms with E-state index in [1.165, 1.54) is 0 Å². The number of aliphatic hydroxyl groups excluding tert-OH is 1. The fourth-order valence-corrected chi connectivity index (χ4v) is 0. The van der Waals surface area contributed by atoms with Crippen molar-refractivity contribution in [1.82, 2.24) is 6.15 Å². The molecule has 6 N–H and O–H groups in total. The Balaban J connectivity index is -0.0000000233. The van der Waals surface area contributed by atoms with Crippen molar-refractivity contribution in [1.29, 1.82) is 0 Å². The minimum absolute atomic E-state index is 0. The van der Waals surface area contributed by atoms with E-state index in [1.54, 1.807) is 13.8 Å². The summed E-state index contributed by atoms with van der Waals surface area (Å²) in [7, 11) is 0. The molecule has 0 fully saturated rings. The Morgan fingerprint density at radius 2 is 1.33 bits per heavy atom. The second kappa shape index (κ2) is 23.7. The van der Waals surface area contributed by atoms with E-state index in [1.807, 2.05) is 0 Å². The molecule has 0 amide bonds. The first-order valence-electron chi connectivity index (χ1n) is 1.95. The Bertz CT molecular complexity index is 27.8. The van der Waals surface area contributed by atoms with Crippen molar-refractivity contribution in [3.63, 3.8) is 0 Å². The van der Waals surface area contributed by atoms with E-state index in [2.05, 4.69) is 0 Å². The van der Waals surface area contributed by atoms with Gasteiger partial charge in [-0.3, -0.25) is 0 Å². The topological polar surface area (TPSA) is 86.7 Å². The van der Waals surface area contributed by atoms with Gasteiger partial charge in [-0.25, -0.2) is 0 Å². The second-order valence-corrected chi connectivity index (χ2v) is 2.00. The van der Waals surface area contributed by atoms with Gasteiger partial charge < -0.3 is 16.7 Å². The van der Waals surface area contributed by atoms with Crippen LogP contribution in [-0.4, -0.2) is 22.0 Å². The molecule has 3 nitrogen and oxygen atoms in total. The third kappa shape index (κ3) is 1670. The quantitative estimate of drug-likeness (QED) is 0.547. The summed E-state index contributed by atoms with van der Waals surface area (Å²) in [5.74, 6) is 0. The lowest BCUT2D eigenvalue weighted by atomic mass is 10.5. The first kappa shape index (κ1) is 22.7. The van der Waals surface area contributed by atoms with Crippen LogP contribution >= 0.6 is 23.2 Å². The largest absolute Gasteiger partial charge is 0.412 e. The van der Waals surface area contributed by atoms with Gasteiger partial charge in [-0.1, -0.05) is 0 Å². The van der Waals surface area contributed by atoms with Gasteiger partial charge in [0, 0.05) is 6.10 Å². The maximum absolute atomic E-state index is 8.06. The summed E-state index contributed by atoms with van der Waals surface area (Å²) in [4.78, 5) is 0. The molecular formula is C4H15Cl2NO2. The molecule has 0 unspecified atom stereocenters. The van der Waals surface area contributed by atoms with Crippen molar-refractivity contribution in [2.75, 3.05) is 5.34 Å². The zero-order valence-corrected chi connectivity index (χ0v) is 7.21. The smallest absolute Gasteiger partial charge is 0.0967 e. The van der Waals surface area contributed by atoms with Crippen molar-refractivity contribution in [3.05, 3.63) is 0 Å². The standard InChI is InChI=1S/C3H8O.CH2Cl2.H3N.H2O/c1-3(2)4;2-1-3;;/h3-4H,1-2H3;1H2;1H3;1H2. The molecule has 0 rings (SSSR count). The minimum atomic E-state index is -0.167. The average Bonchev–Trinajstić information content (AvgIpc) is 1.33.